The van der Waals surface area contributed by atoms with E-state index in [1.54, 1.807) is 0 Å². The van der Waals surface area contributed by atoms with Gasteiger partial charge in [0.2, 0.25) is 0 Å². The number of hydrogen-bond donors (Lipinski definition) is 1. The van der Waals surface area contributed by atoms with Gasteiger partial charge < -0.3 is 10.1 Å². The molecule has 1 aromatic heterocycles. The lowest BCUT2D eigenvalue weighted by Crippen LogP contribution is -2.16. The lowest BCUT2D eigenvalue weighted by atomic mass is 10.1. The Morgan fingerprint density at radius 1 is 1.47 bits per heavy atom. The summed E-state index contributed by atoms with van der Waals surface area (Å²) in [5, 5.41) is 3.24. The van der Waals surface area contributed by atoms with Crippen LogP contribution in [0.1, 0.15) is 6.42 Å². The van der Waals surface area contributed by atoms with E-state index in [9.17, 15) is 4.39 Å². The van der Waals surface area contributed by atoms with E-state index in [2.05, 4.69) is 15.3 Å². The molecule has 0 spiro atoms. The van der Waals surface area contributed by atoms with Crippen LogP contribution in [0.4, 0.5) is 4.39 Å². The Morgan fingerprint density at radius 3 is 2.80 bits per heavy atom. The summed E-state index contributed by atoms with van der Waals surface area (Å²) in [5.41, 5.74) is 0. The van der Waals surface area contributed by atoms with E-state index in [-0.39, 0.29) is 18.4 Å². The second-order valence-electron chi connectivity index (χ2n) is 3.35. The van der Waals surface area contributed by atoms with Crippen molar-refractivity contribution in [3.05, 3.63) is 18.2 Å². The SMILES string of the molecule is Cl.Fc1cnc(OCC2CCNC2)nc1. The van der Waals surface area contributed by atoms with Gasteiger partial charge in [0.05, 0.1) is 19.0 Å². The molecule has 0 saturated carbocycles. The molecule has 1 aliphatic heterocycles. The van der Waals surface area contributed by atoms with Crippen molar-refractivity contribution in [3.8, 4) is 6.01 Å². The molecule has 1 atom stereocenters. The van der Waals surface area contributed by atoms with Gasteiger partial charge in [0.25, 0.3) is 0 Å². The van der Waals surface area contributed by atoms with Crippen LogP contribution in [0, 0.1) is 11.7 Å². The van der Waals surface area contributed by atoms with Gasteiger partial charge in [-0.15, -0.1) is 12.4 Å². The maximum atomic E-state index is 12.4. The van der Waals surface area contributed by atoms with E-state index >= 15 is 0 Å². The minimum Gasteiger partial charge on any atom is -0.463 e. The maximum absolute atomic E-state index is 12.4. The van der Waals surface area contributed by atoms with Crippen LogP contribution in [0.3, 0.4) is 0 Å². The first-order chi connectivity index (χ1) is 6.84. The Labute approximate surface area is 93.7 Å². The summed E-state index contributed by atoms with van der Waals surface area (Å²) < 4.78 is 17.8. The molecule has 6 heteroatoms. The van der Waals surface area contributed by atoms with Crippen molar-refractivity contribution in [2.75, 3.05) is 19.7 Å². The van der Waals surface area contributed by atoms with E-state index in [0.29, 0.717) is 12.5 Å². The van der Waals surface area contributed by atoms with Gasteiger partial charge >= 0.3 is 6.01 Å². The Kier molecular flexibility index (Phi) is 4.71. The molecule has 84 valence electrons. The Hall–Kier alpha value is -0.940. The summed E-state index contributed by atoms with van der Waals surface area (Å²) in [6.07, 6.45) is 3.33. The van der Waals surface area contributed by atoms with Gasteiger partial charge in [0.1, 0.15) is 0 Å². The molecule has 0 aliphatic carbocycles. The van der Waals surface area contributed by atoms with Crippen LogP contribution < -0.4 is 10.1 Å². The third-order valence-corrected chi connectivity index (χ3v) is 2.21. The molecule has 1 N–H and O–H groups in total. The third-order valence-electron chi connectivity index (χ3n) is 2.21. The zero-order valence-electron chi connectivity index (χ0n) is 8.15. The molecule has 2 rings (SSSR count). The quantitative estimate of drug-likeness (QED) is 0.847. The third kappa shape index (κ3) is 3.60. The summed E-state index contributed by atoms with van der Waals surface area (Å²) in [6, 6.07) is 0.248. The molecule has 1 aliphatic rings. The first kappa shape index (κ1) is 12.1. The molecule has 1 fully saturated rings. The largest absolute Gasteiger partial charge is 0.463 e. The van der Waals surface area contributed by atoms with E-state index in [1.165, 1.54) is 0 Å². The number of hydrogen-bond acceptors (Lipinski definition) is 4. The van der Waals surface area contributed by atoms with Crippen molar-refractivity contribution < 1.29 is 9.13 Å². The number of aromatic nitrogens is 2. The lowest BCUT2D eigenvalue weighted by molar-refractivity contribution is 0.240. The van der Waals surface area contributed by atoms with Crippen LogP contribution in [0.15, 0.2) is 12.4 Å². The highest BCUT2D eigenvalue weighted by Gasteiger charge is 2.15. The van der Waals surface area contributed by atoms with Crippen molar-refractivity contribution in [1.29, 1.82) is 0 Å². The van der Waals surface area contributed by atoms with Gasteiger partial charge in [-0.2, -0.15) is 0 Å². The van der Waals surface area contributed by atoms with Gasteiger partial charge in [-0.25, -0.2) is 14.4 Å². The van der Waals surface area contributed by atoms with Crippen molar-refractivity contribution >= 4 is 12.4 Å². The van der Waals surface area contributed by atoms with Crippen LogP contribution in [-0.4, -0.2) is 29.7 Å². The minimum absolute atomic E-state index is 0. The van der Waals surface area contributed by atoms with Crippen LogP contribution >= 0.6 is 12.4 Å². The van der Waals surface area contributed by atoms with Crippen LogP contribution in [0.5, 0.6) is 6.01 Å². The summed E-state index contributed by atoms with van der Waals surface area (Å²) in [7, 11) is 0. The standard InChI is InChI=1S/C9H12FN3O.ClH/c10-8-4-12-9(13-5-8)14-6-7-1-2-11-3-7;/h4-5,7,11H,1-3,6H2;1H. The van der Waals surface area contributed by atoms with E-state index < -0.39 is 5.82 Å². The molecule has 2 heterocycles. The summed E-state index contributed by atoms with van der Waals surface area (Å²) in [5.74, 6) is 0.0727. The van der Waals surface area contributed by atoms with Crippen molar-refractivity contribution in [1.82, 2.24) is 15.3 Å². The average Bonchev–Trinajstić information content (AvgIpc) is 2.70. The van der Waals surface area contributed by atoms with Crippen LogP contribution in [-0.2, 0) is 0 Å². The molecule has 0 aromatic carbocycles. The molecule has 0 radical (unpaired) electrons. The Morgan fingerprint density at radius 2 is 2.20 bits per heavy atom. The first-order valence-electron chi connectivity index (χ1n) is 4.65. The number of nitrogens with one attached hydrogen (secondary N) is 1. The fourth-order valence-corrected chi connectivity index (χ4v) is 1.42. The molecule has 1 unspecified atom stereocenters. The van der Waals surface area contributed by atoms with Crippen LogP contribution in [0.25, 0.3) is 0 Å². The molecule has 15 heavy (non-hydrogen) atoms. The highest BCUT2D eigenvalue weighted by atomic mass is 35.5. The van der Waals surface area contributed by atoms with Crippen molar-refractivity contribution in [2.45, 2.75) is 6.42 Å². The van der Waals surface area contributed by atoms with Crippen molar-refractivity contribution in [2.24, 2.45) is 5.92 Å². The predicted octanol–water partition coefficient (Wildman–Crippen LogP) is 1.03. The fourth-order valence-electron chi connectivity index (χ4n) is 1.42. The highest BCUT2D eigenvalue weighted by Crippen LogP contribution is 2.09. The Balaban J connectivity index is 0.00000112. The van der Waals surface area contributed by atoms with E-state index in [1.807, 2.05) is 0 Å². The molecule has 4 nitrogen and oxygen atoms in total. The summed E-state index contributed by atoms with van der Waals surface area (Å²) in [6.45, 7) is 2.61. The molecule has 1 aromatic rings. The van der Waals surface area contributed by atoms with Crippen molar-refractivity contribution in [3.63, 3.8) is 0 Å². The second-order valence-corrected chi connectivity index (χ2v) is 3.35. The molecule has 1 saturated heterocycles. The van der Waals surface area contributed by atoms with E-state index in [0.717, 1.165) is 31.9 Å². The molecular weight excluding hydrogens is 221 g/mol. The normalized spacial score (nSPS) is 19.7. The van der Waals surface area contributed by atoms with Gasteiger partial charge in [-0.3, -0.25) is 0 Å². The number of nitrogens with zero attached hydrogens (tertiary/aromatic N) is 2. The average molecular weight is 234 g/mol. The fraction of sp³-hybridized carbons (Fsp3) is 0.556. The summed E-state index contributed by atoms with van der Waals surface area (Å²) in [4.78, 5) is 7.42. The summed E-state index contributed by atoms with van der Waals surface area (Å²) >= 11 is 0. The Bertz CT molecular complexity index is 290. The number of rotatable bonds is 3. The van der Waals surface area contributed by atoms with Gasteiger partial charge in [-0.05, 0) is 13.0 Å². The molecular formula is C9H13ClFN3O. The topological polar surface area (TPSA) is 47.0 Å². The zero-order valence-corrected chi connectivity index (χ0v) is 8.97. The van der Waals surface area contributed by atoms with Crippen LogP contribution in [0.2, 0.25) is 0 Å². The monoisotopic (exact) mass is 233 g/mol. The number of ether oxygens (including phenoxy) is 1. The van der Waals surface area contributed by atoms with E-state index in [4.69, 9.17) is 4.74 Å². The van der Waals surface area contributed by atoms with Gasteiger partial charge in [0.15, 0.2) is 5.82 Å². The first-order valence-corrected chi connectivity index (χ1v) is 4.65. The minimum atomic E-state index is -0.445. The second kappa shape index (κ2) is 5.82. The van der Waals surface area contributed by atoms with Gasteiger partial charge in [-0.1, -0.05) is 0 Å². The molecule has 0 bridgehead atoms. The van der Waals surface area contributed by atoms with Gasteiger partial charge in [0, 0.05) is 12.5 Å². The number of halogens is 2. The highest BCUT2D eigenvalue weighted by molar-refractivity contribution is 5.85. The predicted molar refractivity (Wildman–Crippen MR) is 55.7 cm³/mol. The molecule has 0 amide bonds. The maximum Gasteiger partial charge on any atom is 0.316 e. The zero-order chi connectivity index (χ0) is 9.80. The lowest BCUT2D eigenvalue weighted by Gasteiger charge is -2.08. The smallest absolute Gasteiger partial charge is 0.316 e.